The number of piperidine rings is 1. The van der Waals surface area contributed by atoms with Crippen molar-refractivity contribution in [3.8, 4) is 0 Å². The fourth-order valence-electron chi connectivity index (χ4n) is 2.94. The van der Waals surface area contributed by atoms with Crippen LogP contribution in [0.2, 0.25) is 0 Å². The van der Waals surface area contributed by atoms with Gasteiger partial charge in [0.1, 0.15) is 5.82 Å². The summed E-state index contributed by atoms with van der Waals surface area (Å²) >= 11 is 1.47. The number of anilines is 1. The fraction of sp³-hybridized carbons (Fsp3) is 0.444. The Morgan fingerprint density at radius 1 is 1.29 bits per heavy atom. The van der Waals surface area contributed by atoms with Crippen molar-refractivity contribution in [1.82, 2.24) is 10.3 Å². The maximum atomic E-state index is 12.9. The van der Waals surface area contributed by atoms with Gasteiger partial charge in [-0.05, 0) is 56.0 Å². The molecule has 1 aliphatic heterocycles. The first-order chi connectivity index (χ1) is 11.7. The Morgan fingerprint density at radius 2 is 2.04 bits per heavy atom. The Labute approximate surface area is 145 Å². The number of carbonyl (C=O) groups is 1. The normalized spacial score (nSPS) is 15.4. The summed E-state index contributed by atoms with van der Waals surface area (Å²) in [6, 6.07) is 6.46. The van der Waals surface area contributed by atoms with E-state index in [0.29, 0.717) is 23.9 Å². The zero-order valence-electron chi connectivity index (χ0n) is 13.6. The van der Waals surface area contributed by atoms with Crippen LogP contribution in [0.4, 0.5) is 9.52 Å². The van der Waals surface area contributed by atoms with E-state index in [2.05, 4.69) is 15.6 Å². The second-order valence-electron chi connectivity index (χ2n) is 6.22. The highest BCUT2D eigenvalue weighted by Gasteiger charge is 2.15. The number of amides is 1. The molecule has 0 saturated carbocycles. The summed E-state index contributed by atoms with van der Waals surface area (Å²) in [5.74, 6) is 0.461. The third-order valence-corrected chi connectivity index (χ3v) is 5.24. The van der Waals surface area contributed by atoms with Crippen LogP contribution < -0.4 is 10.6 Å². The number of thiazole rings is 1. The van der Waals surface area contributed by atoms with Crippen molar-refractivity contribution in [2.75, 3.05) is 18.4 Å². The lowest BCUT2D eigenvalue weighted by molar-refractivity contribution is -0.116. The standard InChI is InChI=1S/C18H22FN3OS/c19-15-4-1-14(2-5-15)11-16-12-21-18(24-16)22-17(23)6-3-13-7-9-20-10-8-13/h1-2,4-5,12-13,20H,3,6-11H2,(H,21,22,23). The second kappa shape index (κ2) is 8.35. The van der Waals surface area contributed by atoms with E-state index in [1.807, 2.05) is 0 Å². The first-order valence-electron chi connectivity index (χ1n) is 8.39. The summed E-state index contributed by atoms with van der Waals surface area (Å²) in [4.78, 5) is 17.4. The van der Waals surface area contributed by atoms with Gasteiger partial charge in [-0.1, -0.05) is 12.1 Å². The van der Waals surface area contributed by atoms with Gasteiger partial charge in [0.15, 0.2) is 5.13 Å². The molecule has 6 heteroatoms. The summed E-state index contributed by atoms with van der Waals surface area (Å²) in [5, 5.41) is 6.87. The van der Waals surface area contributed by atoms with Crippen LogP contribution >= 0.6 is 11.3 Å². The maximum Gasteiger partial charge on any atom is 0.226 e. The Hall–Kier alpha value is -1.79. The van der Waals surface area contributed by atoms with E-state index in [4.69, 9.17) is 0 Å². The van der Waals surface area contributed by atoms with E-state index in [1.54, 1.807) is 18.3 Å². The van der Waals surface area contributed by atoms with E-state index >= 15 is 0 Å². The number of carbonyl (C=O) groups excluding carboxylic acids is 1. The van der Waals surface area contributed by atoms with Crippen LogP contribution in [-0.2, 0) is 11.2 Å². The van der Waals surface area contributed by atoms with Crippen molar-refractivity contribution in [2.45, 2.75) is 32.1 Å². The summed E-state index contributed by atoms with van der Waals surface area (Å²) in [6.07, 6.45) is 6.29. The van der Waals surface area contributed by atoms with Crippen molar-refractivity contribution in [3.63, 3.8) is 0 Å². The largest absolute Gasteiger partial charge is 0.317 e. The molecule has 4 nitrogen and oxygen atoms in total. The Balaban J connectivity index is 1.46. The van der Waals surface area contributed by atoms with Gasteiger partial charge in [0.2, 0.25) is 5.91 Å². The van der Waals surface area contributed by atoms with E-state index in [0.717, 1.165) is 42.8 Å². The van der Waals surface area contributed by atoms with Crippen LogP contribution in [0.5, 0.6) is 0 Å². The molecule has 24 heavy (non-hydrogen) atoms. The smallest absolute Gasteiger partial charge is 0.226 e. The summed E-state index contributed by atoms with van der Waals surface area (Å²) in [6.45, 7) is 2.12. The number of benzene rings is 1. The summed E-state index contributed by atoms with van der Waals surface area (Å²) < 4.78 is 12.9. The van der Waals surface area contributed by atoms with E-state index < -0.39 is 0 Å². The molecule has 1 aromatic heterocycles. The van der Waals surface area contributed by atoms with Crippen molar-refractivity contribution < 1.29 is 9.18 Å². The van der Waals surface area contributed by atoms with Gasteiger partial charge in [-0.25, -0.2) is 9.37 Å². The molecule has 1 saturated heterocycles. The minimum Gasteiger partial charge on any atom is -0.317 e. The molecule has 0 unspecified atom stereocenters. The van der Waals surface area contributed by atoms with Crippen molar-refractivity contribution in [3.05, 3.63) is 46.7 Å². The van der Waals surface area contributed by atoms with Crippen LogP contribution in [0.1, 0.15) is 36.1 Å². The van der Waals surface area contributed by atoms with Gasteiger partial charge < -0.3 is 10.6 Å². The third kappa shape index (κ3) is 5.11. The number of nitrogens with zero attached hydrogens (tertiary/aromatic N) is 1. The molecule has 128 valence electrons. The molecule has 3 rings (SSSR count). The molecule has 0 bridgehead atoms. The molecule has 1 fully saturated rings. The molecule has 1 amide bonds. The van der Waals surface area contributed by atoms with Gasteiger partial charge in [-0.3, -0.25) is 4.79 Å². The minimum absolute atomic E-state index is 0.0382. The van der Waals surface area contributed by atoms with Crippen LogP contribution in [0.3, 0.4) is 0 Å². The molecular formula is C18H22FN3OS. The zero-order valence-corrected chi connectivity index (χ0v) is 14.4. The highest BCUT2D eigenvalue weighted by atomic mass is 32.1. The molecule has 0 radical (unpaired) electrons. The third-order valence-electron chi connectivity index (χ3n) is 4.33. The molecule has 2 aromatic rings. The number of nitrogens with one attached hydrogen (secondary N) is 2. The molecule has 1 aliphatic rings. The van der Waals surface area contributed by atoms with Crippen LogP contribution in [-0.4, -0.2) is 24.0 Å². The highest BCUT2D eigenvalue weighted by molar-refractivity contribution is 7.15. The summed E-state index contributed by atoms with van der Waals surface area (Å²) in [5.41, 5.74) is 1.03. The Morgan fingerprint density at radius 3 is 2.79 bits per heavy atom. The number of hydrogen-bond donors (Lipinski definition) is 2. The zero-order chi connectivity index (χ0) is 16.8. The topological polar surface area (TPSA) is 54.0 Å². The van der Waals surface area contributed by atoms with Crippen molar-refractivity contribution in [1.29, 1.82) is 0 Å². The number of hydrogen-bond acceptors (Lipinski definition) is 4. The van der Waals surface area contributed by atoms with Crippen LogP contribution in [0.15, 0.2) is 30.5 Å². The second-order valence-corrected chi connectivity index (χ2v) is 7.33. The van der Waals surface area contributed by atoms with Gasteiger partial charge in [0.25, 0.3) is 0 Å². The summed E-state index contributed by atoms with van der Waals surface area (Å²) in [7, 11) is 0. The van der Waals surface area contributed by atoms with Gasteiger partial charge >= 0.3 is 0 Å². The molecule has 0 aliphatic carbocycles. The molecular weight excluding hydrogens is 325 g/mol. The Bertz CT molecular complexity index is 665. The van der Waals surface area contributed by atoms with E-state index in [-0.39, 0.29) is 11.7 Å². The molecule has 0 atom stereocenters. The molecule has 1 aromatic carbocycles. The van der Waals surface area contributed by atoms with Crippen molar-refractivity contribution >= 4 is 22.4 Å². The maximum absolute atomic E-state index is 12.9. The number of aromatic nitrogens is 1. The van der Waals surface area contributed by atoms with Gasteiger partial charge in [-0.2, -0.15) is 0 Å². The van der Waals surface area contributed by atoms with Gasteiger partial charge in [0, 0.05) is 23.9 Å². The van der Waals surface area contributed by atoms with Crippen LogP contribution in [0.25, 0.3) is 0 Å². The fourth-order valence-corrected chi connectivity index (χ4v) is 3.80. The SMILES string of the molecule is O=C(CCC1CCNCC1)Nc1ncc(Cc2ccc(F)cc2)s1. The average molecular weight is 347 g/mol. The van der Waals surface area contributed by atoms with Crippen LogP contribution in [0, 0.1) is 11.7 Å². The first-order valence-corrected chi connectivity index (χ1v) is 9.20. The lowest BCUT2D eigenvalue weighted by Gasteiger charge is -2.21. The lowest BCUT2D eigenvalue weighted by atomic mass is 9.93. The number of halogens is 1. The van der Waals surface area contributed by atoms with Crippen molar-refractivity contribution in [2.24, 2.45) is 5.92 Å². The minimum atomic E-state index is -0.232. The van der Waals surface area contributed by atoms with E-state index in [9.17, 15) is 9.18 Å². The number of rotatable bonds is 6. The Kier molecular flexibility index (Phi) is 5.93. The predicted molar refractivity (Wildman–Crippen MR) is 94.8 cm³/mol. The van der Waals surface area contributed by atoms with E-state index in [1.165, 1.54) is 23.5 Å². The molecule has 2 heterocycles. The average Bonchev–Trinajstić information content (AvgIpc) is 3.03. The monoisotopic (exact) mass is 347 g/mol. The van der Waals surface area contributed by atoms with Gasteiger partial charge in [0.05, 0.1) is 0 Å². The molecule has 0 spiro atoms. The first kappa shape index (κ1) is 17.0. The quantitative estimate of drug-likeness (QED) is 0.840. The predicted octanol–water partition coefficient (Wildman–Crippen LogP) is 3.59. The highest BCUT2D eigenvalue weighted by Crippen LogP contribution is 2.22. The lowest BCUT2D eigenvalue weighted by Crippen LogP contribution is -2.28. The molecule has 2 N–H and O–H groups in total. The van der Waals surface area contributed by atoms with Gasteiger partial charge in [-0.15, -0.1) is 11.3 Å².